The summed E-state index contributed by atoms with van der Waals surface area (Å²) in [7, 11) is -2.47. The van der Waals surface area contributed by atoms with Crippen molar-refractivity contribution in [2.75, 3.05) is 11.8 Å². The molecule has 0 aliphatic carbocycles. The summed E-state index contributed by atoms with van der Waals surface area (Å²) in [6.07, 6.45) is 1.30. The van der Waals surface area contributed by atoms with Gasteiger partial charge in [0.05, 0.1) is 35.0 Å². The molecule has 2 N–H and O–H groups in total. The van der Waals surface area contributed by atoms with Crippen LogP contribution in [0.3, 0.4) is 0 Å². The van der Waals surface area contributed by atoms with Crippen molar-refractivity contribution >= 4 is 27.5 Å². The predicted molar refractivity (Wildman–Crippen MR) is 111 cm³/mol. The smallest absolute Gasteiger partial charge is 0.261 e. The third-order valence-electron chi connectivity index (χ3n) is 4.54. The second-order valence-electron chi connectivity index (χ2n) is 6.74. The van der Waals surface area contributed by atoms with Crippen molar-refractivity contribution in [3.05, 3.63) is 71.4 Å². The first-order chi connectivity index (χ1) is 14.8. The number of ether oxygens (including phenoxy) is 2. The number of sulfonamides is 1. The first-order valence-electron chi connectivity index (χ1n) is 9.08. The number of imide groups is 1. The van der Waals surface area contributed by atoms with Crippen LogP contribution >= 0.6 is 0 Å². The van der Waals surface area contributed by atoms with Crippen LogP contribution in [0.5, 0.6) is 17.4 Å². The van der Waals surface area contributed by atoms with Gasteiger partial charge in [-0.2, -0.15) is 0 Å². The molecule has 0 fully saturated rings. The normalized spacial score (nSPS) is 12.8. The molecule has 0 unspecified atom stereocenters. The maximum atomic E-state index is 12.7. The van der Waals surface area contributed by atoms with Crippen LogP contribution in [-0.4, -0.2) is 32.3 Å². The van der Waals surface area contributed by atoms with Gasteiger partial charge in [-0.05, 0) is 48.9 Å². The molecule has 1 aromatic heterocycles. The molecule has 2 heterocycles. The molecule has 1 aliphatic heterocycles. The number of hydrogen-bond donors (Lipinski definition) is 2. The number of fused-ring (bicyclic) bond motifs is 1. The summed E-state index contributed by atoms with van der Waals surface area (Å²) in [6, 6.07) is 12.2. The largest absolute Gasteiger partial charge is 0.493 e. The Morgan fingerprint density at radius 2 is 1.71 bits per heavy atom. The lowest BCUT2D eigenvalue weighted by Crippen LogP contribution is -2.19. The van der Waals surface area contributed by atoms with Gasteiger partial charge in [0.1, 0.15) is 0 Å². The summed E-state index contributed by atoms with van der Waals surface area (Å²) >= 11 is 0. The number of hydrogen-bond acceptors (Lipinski definition) is 7. The van der Waals surface area contributed by atoms with Crippen molar-refractivity contribution in [2.24, 2.45) is 0 Å². The molecular weight excluding hydrogens is 422 g/mol. The number of nitrogens with one attached hydrogen (secondary N) is 2. The fourth-order valence-corrected chi connectivity index (χ4v) is 4.07. The molecule has 9 nitrogen and oxygen atoms in total. The van der Waals surface area contributed by atoms with Gasteiger partial charge >= 0.3 is 0 Å². The molecule has 0 radical (unpaired) electrons. The molecule has 0 bridgehead atoms. The van der Waals surface area contributed by atoms with E-state index >= 15 is 0 Å². The van der Waals surface area contributed by atoms with Crippen LogP contribution in [0.1, 0.15) is 26.3 Å². The minimum atomic E-state index is -4.01. The second kappa shape index (κ2) is 7.73. The third kappa shape index (κ3) is 4.05. The van der Waals surface area contributed by atoms with Crippen LogP contribution < -0.4 is 19.5 Å². The van der Waals surface area contributed by atoms with Gasteiger partial charge in [-0.25, -0.2) is 13.4 Å². The number of nitrogens with zero attached hydrogens (tertiary/aromatic N) is 1. The van der Waals surface area contributed by atoms with E-state index in [4.69, 9.17) is 9.47 Å². The maximum absolute atomic E-state index is 12.7. The summed E-state index contributed by atoms with van der Waals surface area (Å²) in [5, 5.41) is 2.12. The van der Waals surface area contributed by atoms with Crippen molar-refractivity contribution in [1.82, 2.24) is 10.3 Å². The molecule has 0 saturated heterocycles. The van der Waals surface area contributed by atoms with Gasteiger partial charge < -0.3 is 9.47 Å². The number of pyridine rings is 1. The molecule has 0 atom stereocenters. The van der Waals surface area contributed by atoms with E-state index in [1.807, 2.05) is 19.1 Å². The summed E-state index contributed by atoms with van der Waals surface area (Å²) in [6.45, 7) is 1.93. The molecular formula is C21H17N3O6S. The zero-order chi connectivity index (χ0) is 22.2. The Hall–Kier alpha value is -3.92. The lowest BCUT2D eigenvalue weighted by atomic mass is 10.1. The fraction of sp³-hybridized carbons (Fsp3) is 0.0952. The number of carbonyl (C=O) groups excluding carboxylic acids is 2. The van der Waals surface area contributed by atoms with Gasteiger partial charge in [0, 0.05) is 6.07 Å². The van der Waals surface area contributed by atoms with Gasteiger partial charge in [0.25, 0.3) is 21.8 Å². The highest BCUT2D eigenvalue weighted by molar-refractivity contribution is 7.92. The summed E-state index contributed by atoms with van der Waals surface area (Å²) in [4.78, 5) is 27.4. The Morgan fingerprint density at radius 1 is 0.935 bits per heavy atom. The lowest BCUT2D eigenvalue weighted by Gasteiger charge is -2.11. The molecule has 4 rings (SSSR count). The Morgan fingerprint density at radius 3 is 2.42 bits per heavy atom. The number of methoxy groups -OCH3 is 1. The molecule has 31 heavy (non-hydrogen) atoms. The molecule has 2 aromatic carbocycles. The summed E-state index contributed by atoms with van der Waals surface area (Å²) in [5.74, 6) is 0.0806. The van der Waals surface area contributed by atoms with Crippen molar-refractivity contribution in [3.8, 4) is 17.4 Å². The van der Waals surface area contributed by atoms with Crippen LogP contribution in [0.15, 0.2) is 59.6 Å². The SMILES string of the molecule is COc1cc(C)ccc1Oc1ccc(NS(=O)(=O)c2ccc3c(c2)C(=O)NC3=O)cn1. The van der Waals surface area contributed by atoms with E-state index in [0.717, 1.165) is 11.6 Å². The molecule has 0 spiro atoms. The van der Waals surface area contributed by atoms with Gasteiger partial charge in [-0.3, -0.25) is 19.6 Å². The molecule has 10 heteroatoms. The van der Waals surface area contributed by atoms with Gasteiger partial charge in [0.2, 0.25) is 5.88 Å². The maximum Gasteiger partial charge on any atom is 0.261 e. The zero-order valence-corrected chi connectivity index (χ0v) is 17.3. The highest BCUT2D eigenvalue weighted by Crippen LogP contribution is 2.31. The standard InChI is InChI=1S/C21H17N3O6S/c1-12-3-7-17(18(9-12)29-2)30-19-8-4-13(11-22-19)24-31(27,28)14-5-6-15-16(10-14)21(26)23-20(15)25/h3-11,24H,1-2H3,(H,23,25,26). The van der Waals surface area contributed by atoms with E-state index < -0.39 is 21.8 Å². The predicted octanol–water partition coefficient (Wildman–Crippen LogP) is 2.88. The van der Waals surface area contributed by atoms with Crippen molar-refractivity contribution in [3.63, 3.8) is 0 Å². The minimum absolute atomic E-state index is 0.0155. The summed E-state index contributed by atoms with van der Waals surface area (Å²) in [5.41, 5.74) is 1.36. The van der Waals surface area contributed by atoms with E-state index in [-0.39, 0.29) is 27.6 Å². The third-order valence-corrected chi connectivity index (χ3v) is 5.92. The van der Waals surface area contributed by atoms with Crippen molar-refractivity contribution in [1.29, 1.82) is 0 Å². The number of anilines is 1. The van der Waals surface area contributed by atoms with E-state index in [1.165, 1.54) is 37.6 Å². The number of aromatic nitrogens is 1. The lowest BCUT2D eigenvalue weighted by molar-refractivity contribution is 0.0879. The average molecular weight is 439 g/mol. The van der Waals surface area contributed by atoms with Crippen LogP contribution in [-0.2, 0) is 10.0 Å². The highest BCUT2D eigenvalue weighted by atomic mass is 32.2. The zero-order valence-electron chi connectivity index (χ0n) is 16.5. The topological polar surface area (TPSA) is 124 Å². The number of aryl methyl sites for hydroxylation is 1. The number of benzene rings is 2. The van der Waals surface area contributed by atoms with Crippen LogP contribution in [0.25, 0.3) is 0 Å². The minimum Gasteiger partial charge on any atom is -0.493 e. The first kappa shape index (κ1) is 20.4. The number of amides is 2. The summed E-state index contributed by atoms with van der Waals surface area (Å²) < 4.78 is 38.7. The van der Waals surface area contributed by atoms with E-state index in [0.29, 0.717) is 11.5 Å². The van der Waals surface area contributed by atoms with Gasteiger partial charge in [0.15, 0.2) is 11.5 Å². The molecule has 2 amide bonds. The van der Waals surface area contributed by atoms with E-state index in [9.17, 15) is 18.0 Å². The quantitative estimate of drug-likeness (QED) is 0.566. The van der Waals surface area contributed by atoms with E-state index in [2.05, 4.69) is 15.0 Å². The second-order valence-corrected chi connectivity index (χ2v) is 8.42. The average Bonchev–Trinajstić information content (AvgIpc) is 3.03. The molecule has 3 aromatic rings. The molecule has 0 saturated carbocycles. The fourth-order valence-electron chi connectivity index (χ4n) is 3.00. The molecule has 1 aliphatic rings. The Bertz CT molecular complexity index is 1300. The number of rotatable bonds is 6. The highest BCUT2D eigenvalue weighted by Gasteiger charge is 2.28. The van der Waals surface area contributed by atoms with Crippen LogP contribution in [0, 0.1) is 6.92 Å². The first-order valence-corrected chi connectivity index (χ1v) is 10.6. The Labute approximate surface area is 178 Å². The van der Waals surface area contributed by atoms with Crippen molar-refractivity contribution < 1.29 is 27.5 Å². The van der Waals surface area contributed by atoms with Gasteiger partial charge in [-0.15, -0.1) is 0 Å². The monoisotopic (exact) mass is 439 g/mol. The number of carbonyl (C=O) groups is 2. The Balaban J connectivity index is 1.52. The van der Waals surface area contributed by atoms with E-state index in [1.54, 1.807) is 6.07 Å². The van der Waals surface area contributed by atoms with Gasteiger partial charge in [-0.1, -0.05) is 6.07 Å². The van der Waals surface area contributed by atoms with Crippen LogP contribution in [0.2, 0.25) is 0 Å². The molecule has 158 valence electrons. The van der Waals surface area contributed by atoms with Crippen LogP contribution in [0.4, 0.5) is 5.69 Å². The Kier molecular flexibility index (Phi) is 5.07. The van der Waals surface area contributed by atoms with Crippen molar-refractivity contribution in [2.45, 2.75) is 11.8 Å².